The maximum absolute atomic E-state index is 12.7. The van der Waals surface area contributed by atoms with Gasteiger partial charge in [0.2, 0.25) is 23.6 Å². The van der Waals surface area contributed by atoms with Gasteiger partial charge in [-0.1, -0.05) is 6.07 Å². The fraction of sp³-hybridized carbons (Fsp3) is 0.353. The van der Waals surface area contributed by atoms with E-state index in [9.17, 15) is 24.0 Å². The van der Waals surface area contributed by atoms with Gasteiger partial charge in [0.05, 0.1) is 6.54 Å². The average Bonchev–Trinajstić information content (AvgIpc) is 2.90. The van der Waals surface area contributed by atoms with Crippen LogP contribution < -0.4 is 16.0 Å². The molecular weight excluding hydrogens is 340 g/mol. The first kappa shape index (κ1) is 17.6. The number of nitrogens with one attached hydrogen (secondary N) is 3. The Hall–Kier alpha value is -3.23. The second kappa shape index (κ2) is 6.95. The van der Waals surface area contributed by atoms with Gasteiger partial charge in [0.1, 0.15) is 6.04 Å². The Morgan fingerprint density at radius 3 is 2.73 bits per heavy atom. The molecule has 3 N–H and O–H groups in total. The molecule has 1 saturated heterocycles. The van der Waals surface area contributed by atoms with Crippen molar-refractivity contribution in [3.05, 3.63) is 29.3 Å². The van der Waals surface area contributed by atoms with Crippen LogP contribution in [-0.2, 0) is 25.7 Å². The van der Waals surface area contributed by atoms with Crippen LogP contribution in [0.2, 0.25) is 0 Å². The largest absolute Gasteiger partial charge is 0.347 e. The van der Waals surface area contributed by atoms with Gasteiger partial charge in [-0.2, -0.15) is 0 Å². The molecule has 1 aromatic carbocycles. The summed E-state index contributed by atoms with van der Waals surface area (Å²) < 4.78 is 0. The normalized spacial score (nSPS) is 19.0. The summed E-state index contributed by atoms with van der Waals surface area (Å²) in [5.41, 5.74) is 1.59. The van der Waals surface area contributed by atoms with E-state index < -0.39 is 17.9 Å². The highest BCUT2D eigenvalue weighted by molar-refractivity contribution is 6.06. The van der Waals surface area contributed by atoms with E-state index in [1.54, 1.807) is 18.2 Å². The first-order chi connectivity index (χ1) is 12.3. The molecule has 2 heterocycles. The van der Waals surface area contributed by atoms with Gasteiger partial charge in [-0.15, -0.1) is 0 Å². The van der Waals surface area contributed by atoms with Crippen LogP contribution in [0.3, 0.4) is 0 Å². The van der Waals surface area contributed by atoms with Crippen molar-refractivity contribution in [3.63, 3.8) is 0 Å². The number of carbonyl (C=O) groups excluding carboxylic acids is 5. The second-order valence-electron chi connectivity index (χ2n) is 6.23. The molecule has 136 valence electrons. The lowest BCUT2D eigenvalue weighted by Crippen LogP contribution is -2.52. The summed E-state index contributed by atoms with van der Waals surface area (Å²) in [5.74, 6) is -1.84. The van der Waals surface area contributed by atoms with Crippen molar-refractivity contribution in [1.82, 2.24) is 15.5 Å². The Balaban J connectivity index is 1.71. The molecule has 0 spiro atoms. The molecule has 26 heavy (non-hydrogen) atoms. The molecule has 9 heteroatoms. The molecule has 1 aromatic rings. The Bertz CT molecular complexity index is 819. The quantitative estimate of drug-likeness (QED) is 0.627. The third kappa shape index (κ3) is 3.56. The fourth-order valence-corrected chi connectivity index (χ4v) is 3.04. The van der Waals surface area contributed by atoms with E-state index in [0.29, 0.717) is 17.7 Å². The number of hydrogen-bond acceptors (Lipinski definition) is 5. The summed E-state index contributed by atoms with van der Waals surface area (Å²) in [6.07, 6.45) is 0.492. The highest BCUT2D eigenvalue weighted by atomic mass is 16.2. The van der Waals surface area contributed by atoms with Gasteiger partial charge in [-0.3, -0.25) is 29.3 Å². The zero-order valence-electron chi connectivity index (χ0n) is 14.1. The average molecular weight is 358 g/mol. The van der Waals surface area contributed by atoms with Crippen LogP contribution in [-0.4, -0.2) is 47.0 Å². The minimum absolute atomic E-state index is 0.164. The zero-order chi connectivity index (χ0) is 18.8. The molecule has 3 rings (SSSR count). The number of amides is 5. The lowest BCUT2D eigenvalue weighted by Gasteiger charge is -2.29. The maximum Gasteiger partial charge on any atom is 0.255 e. The highest BCUT2D eigenvalue weighted by Gasteiger charge is 2.39. The number of carbonyl (C=O) groups is 5. The van der Waals surface area contributed by atoms with Crippen LogP contribution in [0.25, 0.3) is 0 Å². The maximum atomic E-state index is 12.7. The summed E-state index contributed by atoms with van der Waals surface area (Å²) >= 11 is 0. The van der Waals surface area contributed by atoms with Crippen LogP contribution >= 0.6 is 0 Å². The van der Waals surface area contributed by atoms with Gasteiger partial charge < -0.3 is 15.5 Å². The standard InChI is InChI=1S/C17H18N4O5/c1-9(22)18-7-15(24)19-11-3-2-10-8-21(17(26)12(10)6-11)13-4-5-14(23)20-16(13)25/h2-3,6,13H,4-5,7-8H2,1H3,(H,18,22)(H,19,24)(H,20,23,25). The summed E-state index contributed by atoms with van der Waals surface area (Å²) in [6.45, 7) is 1.42. The SMILES string of the molecule is CC(=O)NCC(=O)Nc1ccc2c(c1)C(=O)N(C1CCC(=O)NC1=O)C2. The Morgan fingerprint density at radius 1 is 1.27 bits per heavy atom. The summed E-state index contributed by atoms with van der Waals surface area (Å²) in [7, 11) is 0. The van der Waals surface area contributed by atoms with Crippen molar-refractivity contribution in [2.45, 2.75) is 32.4 Å². The minimum atomic E-state index is -0.676. The van der Waals surface area contributed by atoms with Crippen LogP contribution in [0.15, 0.2) is 18.2 Å². The predicted octanol–water partition coefficient (Wildman–Crippen LogP) is -0.478. The summed E-state index contributed by atoms with van der Waals surface area (Å²) in [5, 5.41) is 7.25. The van der Waals surface area contributed by atoms with Crippen molar-refractivity contribution >= 4 is 35.2 Å². The third-order valence-electron chi connectivity index (χ3n) is 4.31. The lowest BCUT2D eigenvalue weighted by atomic mass is 10.0. The van der Waals surface area contributed by atoms with Crippen molar-refractivity contribution in [2.75, 3.05) is 11.9 Å². The van der Waals surface area contributed by atoms with E-state index in [1.165, 1.54) is 11.8 Å². The van der Waals surface area contributed by atoms with Crippen molar-refractivity contribution in [1.29, 1.82) is 0 Å². The van der Waals surface area contributed by atoms with Gasteiger partial charge in [0.25, 0.3) is 5.91 Å². The van der Waals surface area contributed by atoms with Gasteiger partial charge in [-0.25, -0.2) is 0 Å². The van der Waals surface area contributed by atoms with E-state index in [0.717, 1.165) is 5.56 Å². The molecular formula is C17H18N4O5. The molecule has 0 aliphatic carbocycles. The van der Waals surface area contributed by atoms with Gasteiger partial charge in [0.15, 0.2) is 0 Å². The number of anilines is 1. The number of piperidine rings is 1. The third-order valence-corrected chi connectivity index (χ3v) is 4.31. The molecule has 2 aliphatic rings. The Labute approximate surface area is 149 Å². The molecule has 0 bridgehead atoms. The molecule has 2 aliphatic heterocycles. The first-order valence-corrected chi connectivity index (χ1v) is 8.17. The number of benzene rings is 1. The number of rotatable bonds is 4. The van der Waals surface area contributed by atoms with Gasteiger partial charge in [0, 0.05) is 31.1 Å². The molecule has 1 atom stereocenters. The van der Waals surface area contributed by atoms with E-state index in [4.69, 9.17) is 0 Å². The number of fused-ring (bicyclic) bond motifs is 1. The van der Waals surface area contributed by atoms with Crippen LogP contribution in [0.4, 0.5) is 5.69 Å². The van der Waals surface area contributed by atoms with E-state index in [-0.39, 0.29) is 37.2 Å². The van der Waals surface area contributed by atoms with E-state index in [1.807, 2.05) is 0 Å². The topological polar surface area (TPSA) is 125 Å². The monoisotopic (exact) mass is 358 g/mol. The molecule has 5 amide bonds. The number of nitrogens with zero attached hydrogens (tertiary/aromatic N) is 1. The van der Waals surface area contributed by atoms with Crippen molar-refractivity contribution in [3.8, 4) is 0 Å². The number of imide groups is 1. The Morgan fingerprint density at radius 2 is 2.04 bits per heavy atom. The van der Waals surface area contributed by atoms with Crippen LogP contribution in [0.5, 0.6) is 0 Å². The predicted molar refractivity (Wildman–Crippen MR) is 89.8 cm³/mol. The van der Waals surface area contributed by atoms with Crippen LogP contribution in [0, 0.1) is 0 Å². The van der Waals surface area contributed by atoms with Crippen molar-refractivity contribution < 1.29 is 24.0 Å². The first-order valence-electron chi connectivity index (χ1n) is 8.17. The van der Waals surface area contributed by atoms with E-state index in [2.05, 4.69) is 16.0 Å². The molecule has 0 aromatic heterocycles. The van der Waals surface area contributed by atoms with Gasteiger partial charge in [-0.05, 0) is 24.1 Å². The number of hydrogen-bond donors (Lipinski definition) is 3. The summed E-state index contributed by atoms with van der Waals surface area (Å²) in [6, 6.07) is 4.25. The molecule has 0 radical (unpaired) electrons. The smallest absolute Gasteiger partial charge is 0.255 e. The van der Waals surface area contributed by atoms with E-state index >= 15 is 0 Å². The minimum Gasteiger partial charge on any atom is -0.347 e. The highest BCUT2D eigenvalue weighted by Crippen LogP contribution is 2.29. The van der Waals surface area contributed by atoms with Crippen molar-refractivity contribution in [2.24, 2.45) is 0 Å². The zero-order valence-corrected chi connectivity index (χ0v) is 14.1. The fourth-order valence-electron chi connectivity index (χ4n) is 3.04. The molecule has 1 unspecified atom stereocenters. The summed E-state index contributed by atoms with van der Waals surface area (Å²) in [4.78, 5) is 60.0. The lowest BCUT2D eigenvalue weighted by molar-refractivity contribution is -0.137. The Kier molecular flexibility index (Phi) is 4.70. The van der Waals surface area contributed by atoms with Gasteiger partial charge >= 0.3 is 0 Å². The second-order valence-corrected chi connectivity index (χ2v) is 6.23. The molecule has 9 nitrogen and oxygen atoms in total. The molecule has 0 saturated carbocycles. The molecule has 1 fully saturated rings. The van der Waals surface area contributed by atoms with Crippen LogP contribution in [0.1, 0.15) is 35.7 Å².